The number of piperidine rings is 1. The van der Waals surface area contributed by atoms with Gasteiger partial charge in [-0.1, -0.05) is 0 Å². The van der Waals surface area contributed by atoms with Crippen molar-refractivity contribution in [3.63, 3.8) is 0 Å². The Balaban J connectivity index is 1.81. The fourth-order valence-electron chi connectivity index (χ4n) is 2.61. The summed E-state index contributed by atoms with van der Waals surface area (Å²) < 4.78 is 12.6. The standard InChI is InChI=1S/C13H17BrN2O2/c1-10-7-12(15-8-11(10)14)16-4-2-3-13(9-16)17-5-6-18-13/h7-8H,2-6,9H2,1H3. The normalized spacial score (nSPS) is 22.7. The van der Waals surface area contributed by atoms with E-state index in [4.69, 9.17) is 9.47 Å². The predicted octanol–water partition coefficient (Wildman–Crippen LogP) is 2.50. The van der Waals surface area contributed by atoms with Crippen LogP contribution in [0.5, 0.6) is 0 Å². The number of hydrogen-bond donors (Lipinski definition) is 0. The van der Waals surface area contributed by atoms with Gasteiger partial charge in [-0.3, -0.25) is 0 Å². The van der Waals surface area contributed by atoms with Crippen molar-refractivity contribution in [2.75, 3.05) is 31.2 Å². The second-order valence-corrected chi connectivity index (χ2v) is 5.78. The van der Waals surface area contributed by atoms with Crippen LogP contribution in [0.1, 0.15) is 18.4 Å². The van der Waals surface area contributed by atoms with Gasteiger partial charge in [-0.05, 0) is 40.9 Å². The molecule has 3 heterocycles. The molecule has 18 heavy (non-hydrogen) atoms. The molecule has 1 aromatic heterocycles. The molecule has 2 saturated heterocycles. The Labute approximate surface area is 115 Å². The smallest absolute Gasteiger partial charge is 0.186 e. The molecule has 98 valence electrons. The van der Waals surface area contributed by atoms with E-state index in [2.05, 4.69) is 38.8 Å². The van der Waals surface area contributed by atoms with Crippen LogP contribution < -0.4 is 4.90 Å². The molecule has 0 amide bonds. The molecule has 0 N–H and O–H groups in total. The van der Waals surface area contributed by atoms with E-state index in [0.29, 0.717) is 13.2 Å². The highest BCUT2D eigenvalue weighted by atomic mass is 79.9. The van der Waals surface area contributed by atoms with Crippen LogP contribution in [-0.4, -0.2) is 37.1 Å². The zero-order chi connectivity index (χ0) is 12.6. The van der Waals surface area contributed by atoms with Crippen LogP contribution in [0.4, 0.5) is 5.82 Å². The molecule has 0 radical (unpaired) electrons. The van der Waals surface area contributed by atoms with Gasteiger partial charge in [-0.25, -0.2) is 4.98 Å². The molecule has 5 heteroatoms. The number of aryl methyl sites for hydroxylation is 1. The summed E-state index contributed by atoms with van der Waals surface area (Å²) in [5.41, 5.74) is 1.20. The Morgan fingerprint density at radius 2 is 2.17 bits per heavy atom. The largest absolute Gasteiger partial charge is 0.351 e. The van der Waals surface area contributed by atoms with E-state index in [1.54, 1.807) is 0 Å². The number of nitrogens with zero attached hydrogens (tertiary/aromatic N) is 2. The van der Waals surface area contributed by atoms with Crippen molar-refractivity contribution in [2.45, 2.75) is 25.6 Å². The maximum absolute atomic E-state index is 5.79. The summed E-state index contributed by atoms with van der Waals surface area (Å²) in [5.74, 6) is 0.620. The van der Waals surface area contributed by atoms with E-state index in [9.17, 15) is 0 Å². The molecule has 0 aliphatic carbocycles. The Morgan fingerprint density at radius 3 is 2.89 bits per heavy atom. The number of anilines is 1. The minimum Gasteiger partial charge on any atom is -0.351 e. The monoisotopic (exact) mass is 312 g/mol. The van der Waals surface area contributed by atoms with Crippen LogP contribution in [0.15, 0.2) is 16.7 Å². The van der Waals surface area contributed by atoms with Crippen molar-refractivity contribution in [1.82, 2.24) is 4.98 Å². The third-order valence-electron chi connectivity index (χ3n) is 3.59. The second-order valence-electron chi connectivity index (χ2n) is 4.92. The van der Waals surface area contributed by atoms with Gasteiger partial charge in [-0.2, -0.15) is 0 Å². The summed E-state index contributed by atoms with van der Waals surface area (Å²) in [5, 5.41) is 0. The third kappa shape index (κ3) is 2.27. The summed E-state index contributed by atoms with van der Waals surface area (Å²) in [6.45, 7) is 5.29. The fourth-order valence-corrected chi connectivity index (χ4v) is 2.83. The van der Waals surface area contributed by atoms with E-state index in [-0.39, 0.29) is 5.79 Å². The van der Waals surface area contributed by atoms with Crippen LogP contribution in [0.2, 0.25) is 0 Å². The molecule has 0 bridgehead atoms. The van der Waals surface area contributed by atoms with Gasteiger partial charge >= 0.3 is 0 Å². The zero-order valence-electron chi connectivity index (χ0n) is 10.5. The molecule has 0 saturated carbocycles. The third-order valence-corrected chi connectivity index (χ3v) is 4.42. The minimum atomic E-state index is -0.388. The van der Waals surface area contributed by atoms with Crippen molar-refractivity contribution < 1.29 is 9.47 Å². The SMILES string of the molecule is Cc1cc(N2CCCC3(C2)OCCO3)ncc1Br. The number of pyridine rings is 1. The van der Waals surface area contributed by atoms with Crippen LogP contribution >= 0.6 is 15.9 Å². The maximum Gasteiger partial charge on any atom is 0.186 e. The van der Waals surface area contributed by atoms with Crippen molar-refractivity contribution >= 4 is 21.7 Å². The molecule has 1 spiro atoms. The molecule has 1 aromatic rings. The van der Waals surface area contributed by atoms with E-state index in [1.807, 2.05) is 6.20 Å². The lowest BCUT2D eigenvalue weighted by molar-refractivity contribution is -0.161. The molecule has 2 aliphatic heterocycles. The number of halogens is 1. The fraction of sp³-hybridized carbons (Fsp3) is 0.615. The Bertz CT molecular complexity index is 447. The average Bonchev–Trinajstić information content (AvgIpc) is 2.81. The van der Waals surface area contributed by atoms with Gasteiger partial charge in [0.25, 0.3) is 0 Å². The first-order valence-corrected chi connectivity index (χ1v) is 7.13. The topological polar surface area (TPSA) is 34.6 Å². The van der Waals surface area contributed by atoms with Crippen LogP contribution in [-0.2, 0) is 9.47 Å². The summed E-state index contributed by atoms with van der Waals surface area (Å²) in [7, 11) is 0. The number of hydrogen-bond acceptors (Lipinski definition) is 4. The van der Waals surface area contributed by atoms with E-state index in [1.165, 1.54) is 5.56 Å². The number of ether oxygens (including phenoxy) is 2. The van der Waals surface area contributed by atoms with Crippen LogP contribution in [0.3, 0.4) is 0 Å². The van der Waals surface area contributed by atoms with Gasteiger partial charge in [0.05, 0.1) is 19.8 Å². The van der Waals surface area contributed by atoms with E-state index in [0.717, 1.165) is 36.2 Å². The van der Waals surface area contributed by atoms with Gasteiger partial charge in [0.15, 0.2) is 5.79 Å². The second kappa shape index (κ2) is 4.79. The van der Waals surface area contributed by atoms with Crippen molar-refractivity contribution in [1.29, 1.82) is 0 Å². The maximum atomic E-state index is 5.79. The molecular weight excluding hydrogens is 296 g/mol. The van der Waals surface area contributed by atoms with Crippen molar-refractivity contribution in [3.8, 4) is 0 Å². The molecule has 3 rings (SSSR count). The lowest BCUT2D eigenvalue weighted by atomic mass is 10.0. The Kier molecular flexibility index (Phi) is 3.30. The molecular formula is C13H17BrN2O2. The highest BCUT2D eigenvalue weighted by molar-refractivity contribution is 9.10. The summed E-state index contributed by atoms with van der Waals surface area (Å²) >= 11 is 3.48. The van der Waals surface area contributed by atoms with Crippen LogP contribution in [0.25, 0.3) is 0 Å². The zero-order valence-corrected chi connectivity index (χ0v) is 12.1. The summed E-state index contributed by atoms with van der Waals surface area (Å²) in [6.07, 6.45) is 3.93. The Hall–Kier alpha value is -0.650. The lowest BCUT2D eigenvalue weighted by Crippen LogP contribution is -2.49. The molecule has 4 nitrogen and oxygen atoms in total. The first-order chi connectivity index (χ1) is 8.69. The number of rotatable bonds is 1. The summed E-state index contributed by atoms with van der Waals surface area (Å²) in [6, 6.07) is 2.11. The van der Waals surface area contributed by atoms with E-state index >= 15 is 0 Å². The molecule has 0 unspecified atom stereocenters. The first kappa shape index (κ1) is 12.4. The predicted molar refractivity (Wildman–Crippen MR) is 72.8 cm³/mol. The Morgan fingerprint density at radius 1 is 1.39 bits per heavy atom. The van der Waals surface area contributed by atoms with Crippen LogP contribution in [0, 0.1) is 6.92 Å². The molecule has 2 aliphatic rings. The van der Waals surface area contributed by atoms with E-state index < -0.39 is 0 Å². The summed E-state index contributed by atoms with van der Waals surface area (Å²) in [4.78, 5) is 6.74. The molecule has 2 fully saturated rings. The average molecular weight is 313 g/mol. The number of aromatic nitrogens is 1. The van der Waals surface area contributed by atoms with Crippen molar-refractivity contribution in [3.05, 3.63) is 22.3 Å². The van der Waals surface area contributed by atoms with Gasteiger partial charge < -0.3 is 14.4 Å². The molecule has 0 aromatic carbocycles. The first-order valence-electron chi connectivity index (χ1n) is 6.34. The van der Waals surface area contributed by atoms with Gasteiger partial charge in [0, 0.05) is 23.6 Å². The highest BCUT2D eigenvalue weighted by Crippen LogP contribution is 2.32. The minimum absolute atomic E-state index is 0.388. The van der Waals surface area contributed by atoms with Gasteiger partial charge in [-0.15, -0.1) is 0 Å². The molecule has 0 atom stereocenters. The highest BCUT2D eigenvalue weighted by Gasteiger charge is 2.41. The van der Waals surface area contributed by atoms with Gasteiger partial charge in [0.2, 0.25) is 0 Å². The van der Waals surface area contributed by atoms with Gasteiger partial charge in [0.1, 0.15) is 5.82 Å². The lowest BCUT2D eigenvalue weighted by Gasteiger charge is -2.39. The quantitative estimate of drug-likeness (QED) is 0.798. The van der Waals surface area contributed by atoms with Crippen molar-refractivity contribution in [2.24, 2.45) is 0 Å².